The van der Waals surface area contributed by atoms with Crippen molar-refractivity contribution in [2.24, 2.45) is 5.92 Å². The molecule has 2 atom stereocenters. The van der Waals surface area contributed by atoms with E-state index >= 15 is 0 Å². The number of sulfone groups is 1. The third kappa shape index (κ3) is 4.20. The number of amides is 1. The number of benzene rings is 1. The van der Waals surface area contributed by atoms with E-state index in [-0.39, 0.29) is 21.9 Å². The monoisotopic (exact) mass is 329 g/mol. The highest BCUT2D eigenvalue weighted by Gasteiger charge is 2.22. The molecule has 0 bridgehead atoms. The Kier molecular flexibility index (Phi) is 4.94. The lowest BCUT2D eigenvalue weighted by Gasteiger charge is -2.27. The summed E-state index contributed by atoms with van der Waals surface area (Å²) in [6.45, 7) is 2.18. The van der Waals surface area contributed by atoms with Gasteiger partial charge in [-0.3, -0.25) is 4.79 Å². The molecule has 0 aliphatic heterocycles. The summed E-state index contributed by atoms with van der Waals surface area (Å²) >= 11 is 5.89. The maximum atomic E-state index is 12.3. The van der Waals surface area contributed by atoms with Gasteiger partial charge in [0.2, 0.25) is 0 Å². The van der Waals surface area contributed by atoms with Gasteiger partial charge in [0, 0.05) is 17.9 Å². The molecule has 1 amide bonds. The molecule has 1 fully saturated rings. The molecule has 0 saturated heterocycles. The van der Waals surface area contributed by atoms with Crippen molar-refractivity contribution in [3.05, 3.63) is 28.8 Å². The Balaban J connectivity index is 2.16. The van der Waals surface area contributed by atoms with E-state index in [2.05, 4.69) is 12.2 Å². The van der Waals surface area contributed by atoms with E-state index in [9.17, 15) is 13.2 Å². The summed E-state index contributed by atoms with van der Waals surface area (Å²) in [5.74, 6) is 0.372. The van der Waals surface area contributed by atoms with Crippen molar-refractivity contribution in [3.8, 4) is 0 Å². The minimum Gasteiger partial charge on any atom is -0.349 e. The van der Waals surface area contributed by atoms with E-state index in [0.717, 1.165) is 25.5 Å². The lowest BCUT2D eigenvalue weighted by Crippen LogP contribution is -2.38. The quantitative estimate of drug-likeness (QED) is 0.927. The van der Waals surface area contributed by atoms with Crippen LogP contribution >= 0.6 is 11.6 Å². The number of hydrogen-bond acceptors (Lipinski definition) is 3. The van der Waals surface area contributed by atoms with Crippen LogP contribution in [0.1, 0.15) is 43.0 Å². The first-order chi connectivity index (χ1) is 9.77. The number of halogens is 1. The van der Waals surface area contributed by atoms with Crippen LogP contribution in [-0.4, -0.2) is 26.6 Å². The number of carbonyl (C=O) groups is 1. The van der Waals surface area contributed by atoms with Crippen LogP contribution in [0, 0.1) is 5.92 Å². The van der Waals surface area contributed by atoms with E-state index in [1.165, 1.54) is 18.6 Å². The molecule has 0 radical (unpaired) electrons. The molecule has 0 heterocycles. The lowest BCUT2D eigenvalue weighted by atomic mass is 9.87. The number of hydrogen-bond donors (Lipinski definition) is 1. The maximum Gasteiger partial charge on any atom is 0.251 e. The Bertz CT molecular complexity index is 642. The molecule has 1 N–H and O–H groups in total. The van der Waals surface area contributed by atoms with Gasteiger partial charge >= 0.3 is 0 Å². The van der Waals surface area contributed by atoms with Crippen molar-refractivity contribution in [2.45, 2.75) is 43.5 Å². The second kappa shape index (κ2) is 6.36. The Labute approximate surface area is 130 Å². The zero-order valence-corrected chi connectivity index (χ0v) is 13.8. The van der Waals surface area contributed by atoms with Crippen LogP contribution in [0.4, 0.5) is 0 Å². The highest BCUT2D eigenvalue weighted by molar-refractivity contribution is 7.90. The zero-order chi connectivity index (χ0) is 15.6. The van der Waals surface area contributed by atoms with Crippen molar-refractivity contribution < 1.29 is 13.2 Å². The van der Waals surface area contributed by atoms with Crippen molar-refractivity contribution in [1.82, 2.24) is 5.32 Å². The third-order valence-corrected chi connectivity index (χ3v) is 5.44. The summed E-state index contributed by atoms with van der Waals surface area (Å²) in [4.78, 5) is 12.3. The molecule has 1 aliphatic rings. The van der Waals surface area contributed by atoms with Crippen LogP contribution in [0.2, 0.25) is 5.02 Å². The minimum absolute atomic E-state index is 0.00571. The maximum absolute atomic E-state index is 12.3. The molecule has 4 nitrogen and oxygen atoms in total. The molecule has 0 spiro atoms. The molecule has 1 aromatic rings. The fourth-order valence-corrected chi connectivity index (χ4v) is 4.06. The van der Waals surface area contributed by atoms with E-state index < -0.39 is 9.84 Å². The number of nitrogens with one attached hydrogen (secondary N) is 1. The summed E-state index contributed by atoms with van der Waals surface area (Å²) < 4.78 is 23.3. The zero-order valence-electron chi connectivity index (χ0n) is 12.2. The Morgan fingerprint density at radius 3 is 2.67 bits per heavy atom. The molecular formula is C15H20ClNO3S. The van der Waals surface area contributed by atoms with Crippen LogP contribution in [0.3, 0.4) is 0 Å². The molecule has 21 heavy (non-hydrogen) atoms. The lowest BCUT2D eigenvalue weighted by molar-refractivity contribution is 0.0921. The molecule has 1 aliphatic carbocycles. The standard InChI is InChI=1S/C15H20ClNO3S/c1-10-4-3-5-12(8-10)17-15(18)11-6-7-13(16)14(9-11)21(2,19)20/h6-7,9-10,12H,3-5,8H2,1-2H3,(H,17,18). The van der Waals surface area contributed by atoms with E-state index in [0.29, 0.717) is 11.5 Å². The summed E-state index contributed by atoms with van der Waals surface area (Å²) in [5, 5.41) is 3.13. The van der Waals surface area contributed by atoms with E-state index in [4.69, 9.17) is 11.6 Å². The Hall–Kier alpha value is -1.07. The van der Waals surface area contributed by atoms with Crippen molar-refractivity contribution in [3.63, 3.8) is 0 Å². The van der Waals surface area contributed by atoms with Gasteiger partial charge in [-0.15, -0.1) is 0 Å². The summed E-state index contributed by atoms with van der Waals surface area (Å²) in [6, 6.07) is 4.52. The van der Waals surface area contributed by atoms with Crippen LogP contribution in [0.15, 0.2) is 23.1 Å². The van der Waals surface area contributed by atoms with Gasteiger partial charge in [-0.05, 0) is 37.0 Å². The average molecular weight is 330 g/mol. The van der Waals surface area contributed by atoms with Gasteiger partial charge in [-0.2, -0.15) is 0 Å². The highest BCUT2D eigenvalue weighted by Crippen LogP contribution is 2.25. The second-order valence-electron chi connectivity index (χ2n) is 5.86. The van der Waals surface area contributed by atoms with Gasteiger partial charge in [-0.25, -0.2) is 8.42 Å². The normalized spacial score (nSPS) is 22.8. The molecule has 2 unspecified atom stereocenters. The highest BCUT2D eigenvalue weighted by atomic mass is 35.5. The van der Waals surface area contributed by atoms with Crippen molar-refractivity contribution >= 4 is 27.3 Å². The molecule has 116 valence electrons. The van der Waals surface area contributed by atoms with Crippen LogP contribution < -0.4 is 5.32 Å². The van der Waals surface area contributed by atoms with Gasteiger partial charge < -0.3 is 5.32 Å². The van der Waals surface area contributed by atoms with Crippen molar-refractivity contribution in [2.75, 3.05) is 6.26 Å². The minimum atomic E-state index is -3.44. The molecule has 2 rings (SSSR count). The van der Waals surface area contributed by atoms with E-state index in [1.54, 1.807) is 6.07 Å². The fraction of sp³-hybridized carbons (Fsp3) is 0.533. The van der Waals surface area contributed by atoms with Gasteiger partial charge in [0.25, 0.3) is 5.91 Å². The SMILES string of the molecule is CC1CCCC(NC(=O)c2ccc(Cl)c(S(C)(=O)=O)c2)C1. The predicted octanol–water partition coefficient (Wildman–Crippen LogP) is 3.05. The molecular weight excluding hydrogens is 310 g/mol. The van der Waals surface area contributed by atoms with E-state index in [1.807, 2.05) is 0 Å². The Morgan fingerprint density at radius 2 is 2.05 bits per heavy atom. The van der Waals surface area contributed by atoms with Crippen LogP contribution in [-0.2, 0) is 9.84 Å². The number of carbonyl (C=O) groups excluding carboxylic acids is 1. The van der Waals surface area contributed by atoms with Crippen molar-refractivity contribution in [1.29, 1.82) is 0 Å². The van der Waals surface area contributed by atoms with Crippen LogP contribution in [0.25, 0.3) is 0 Å². The summed E-state index contributed by atoms with van der Waals surface area (Å²) in [7, 11) is -3.44. The van der Waals surface area contributed by atoms with Gasteiger partial charge in [0.15, 0.2) is 9.84 Å². The number of rotatable bonds is 3. The summed E-state index contributed by atoms with van der Waals surface area (Å²) in [5.41, 5.74) is 0.332. The third-order valence-electron chi connectivity index (χ3n) is 3.86. The Morgan fingerprint density at radius 1 is 1.33 bits per heavy atom. The fourth-order valence-electron chi connectivity index (χ4n) is 2.76. The second-order valence-corrected chi connectivity index (χ2v) is 8.25. The topological polar surface area (TPSA) is 63.2 Å². The predicted molar refractivity (Wildman–Crippen MR) is 83.4 cm³/mol. The largest absolute Gasteiger partial charge is 0.349 e. The first-order valence-corrected chi connectivity index (χ1v) is 9.35. The smallest absolute Gasteiger partial charge is 0.251 e. The average Bonchev–Trinajstić information content (AvgIpc) is 2.37. The molecule has 1 saturated carbocycles. The van der Waals surface area contributed by atoms with Gasteiger partial charge in [-0.1, -0.05) is 31.4 Å². The van der Waals surface area contributed by atoms with Crippen LogP contribution in [0.5, 0.6) is 0 Å². The van der Waals surface area contributed by atoms with Gasteiger partial charge in [0.1, 0.15) is 0 Å². The molecule has 1 aromatic carbocycles. The summed E-state index contributed by atoms with van der Waals surface area (Å²) in [6.07, 6.45) is 5.34. The first-order valence-electron chi connectivity index (χ1n) is 7.08. The molecule has 0 aromatic heterocycles. The van der Waals surface area contributed by atoms with Gasteiger partial charge in [0.05, 0.1) is 9.92 Å². The molecule has 6 heteroatoms. The first kappa shape index (κ1) is 16.3.